The molecule has 0 bridgehead atoms. The van der Waals surface area contributed by atoms with E-state index in [1.807, 2.05) is 0 Å². The van der Waals surface area contributed by atoms with E-state index in [-0.39, 0.29) is 20.6 Å². The van der Waals surface area contributed by atoms with Crippen LogP contribution in [0.2, 0.25) is 0 Å². The lowest BCUT2D eigenvalue weighted by Crippen LogP contribution is -2.29. The van der Waals surface area contributed by atoms with Gasteiger partial charge in [-0.2, -0.15) is 0 Å². The summed E-state index contributed by atoms with van der Waals surface area (Å²) in [6.07, 6.45) is 1.70. The summed E-state index contributed by atoms with van der Waals surface area (Å²) in [7, 11) is -3.97. The van der Waals surface area contributed by atoms with Gasteiger partial charge in [-0.15, -0.1) is 0 Å². The number of rotatable bonds is 4. The van der Waals surface area contributed by atoms with E-state index in [0.717, 1.165) is 12.3 Å². The monoisotopic (exact) mass is 424 g/mol. The Kier molecular flexibility index (Phi) is 7.11. The van der Waals surface area contributed by atoms with Crippen molar-refractivity contribution in [3.8, 4) is 0 Å². The molecule has 0 aliphatic carbocycles. The van der Waals surface area contributed by atoms with Crippen LogP contribution >= 0.6 is 14.1 Å². The van der Waals surface area contributed by atoms with Crippen molar-refractivity contribution in [3.63, 3.8) is 0 Å². The standard InChI is InChI=1S/C24H46N2P2/c1-21(2,3)27(25,22(4,5)6)17-19-14-13-15-20(16-19)18-28(26,23(7,8)9)24(10,11)12/h13-16,25-26H,17-18H2,1-12H3. The Hall–Kier alpha value is -0.320. The van der Waals surface area contributed by atoms with Crippen LogP contribution in [0.25, 0.3) is 0 Å². The minimum absolute atomic E-state index is 0.00967. The predicted molar refractivity (Wildman–Crippen MR) is 132 cm³/mol. The third-order valence-electron chi connectivity index (χ3n) is 6.41. The highest BCUT2D eigenvalue weighted by atomic mass is 31.2. The second-order valence-electron chi connectivity index (χ2n) is 12.4. The van der Waals surface area contributed by atoms with Gasteiger partial charge in [-0.1, -0.05) is 107 Å². The van der Waals surface area contributed by atoms with Crippen LogP contribution in [-0.4, -0.2) is 20.6 Å². The molecule has 1 rings (SSSR count). The second-order valence-corrected chi connectivity index (χ2v) is 21.7. The maximum atomic E-state index is 9.49. The molecule has 0 aromatic heterocycles. The summed E-state index contributed by atoms with van der Waals surface area (Å²) >= 11 is 0. The molecule has 1 aromatic carbocycles. The second kappa shape index (κ2) is 7.74. The van der Waals surface area contributed by atoms with Gasteiger partial charge in [-0.05, 0) is 45.9 Å². The molecule has 1 aromatic rings. The van der Waals surface area contributed by atoms with Gasteiger partial charge in [0.1, 0.15) is 0 Å². The number of nitrogens with one attached hydrogen (secondary N) is 2. The first kappa shape index (κ1) is 25.7. The molecule has 0 aliphatic rings. The van der Waals surface area contributed by atoms with E-state index in [0.29, 0.717) is 0 Å². The fourth-order valence-corrected chi connectivity index (χ4v) is 11.7. The maximum absolute atomic E-state index is 9.49. The smallest absolute Gasteiger partial charge is 0.00833 e. The molecule has 0 spiro atoms. The fraction of sp³-hybridized carbons (Fsp3) is 0.750. The van der Waals surface area contributed by atoms with Crippen LogP contribution in [0.1, 0.15) is 94.2 Å². The summed E-state index contributed by atoms with van der Waals surface area (Å²) in [5, 5.41) is 18.9. The summed E-state index contributed by atoms with van der Waals surface area (Å²) in [6, 6.07) is 8.85. The van der Waals surface area contributed by atoms with E-state index in [4.69, 9.17) is 0 Å². The average molecular weight is 425 g/mol. The zero-order valence-corrected chi connectivity index (χ0v) is 22.4. The van der Waals surface area contributed by atoms with Crippen molar-refractivity contribution in [2.24, 2.45) is 0 Å². The topological polar surface area (TPSA) is 47.7 Å². The van der Waals surface area contributed by atoms with E-state index in [1.54, 1.807) is 0 Å². The van der Waals surface area contributed by atoms with Crippen molar-refractivity contribution in [2.45, 2.75) is 116 Å². The molecule has 162 valence electrons. The Morgan fingerprint density at radius 3 is 1.04 bits per heavy atom. The SMILES string of the molecule is CC(C)(C)P(=N)(Cc1cccc(CP(=N)(C(C)(C)C)C(C)(C)C)c1)C(C)(C)C. The van der Waals surface area contributed by atoms with E-state index < -0.39 is 14.1 Å². The van der Waals surface area contributed by atoms with Gasteiger partial charge in [0.05, 0.1) is 0 Å². The number of hydrogen-bond donors (Lipinski definition) is 2. The summed E-state index contributed by atoms with van der Waals surface area (Å²) < 4.78 is 0. The highest BCUT2D eigenvalue weighted by molar-refractivity contribution is 7.67. The molecular formula is C24H46N2P2. The van der Waals surface area contributed by atoms with Gasteiger partial charge in [0.25, 0.3) is 0 Å². The van der Waals surface area contributed by atoms with E-state index in [2.05, 4.69) is 107 Å². The predicted octanol–water partition coefficient (Wildman–Crippen LogP) is 9.44. The van der Waals surface area contributed by atoms with Gasteiger partial charge in [0, 0.05) is 12.3 Å². The normalized spacial score (nSPS) is 15.0. The Balaban J connectivity index is 3.38. The van der Waals surface area contributed by atoms with Gasteiger partial charge < -0.3 is 10.3 Å². The first-order valence-corrected chi connectivity index (χ1v) is 14.5. The van der Waals surface area contributed by atoms with Gasteiger partial charge in [-0.25, -0.2) is 0 Å². The van der Waals surface area contributed by atoms with Crippen molar-refractivity contribution in [1.82, 2.24) is 0 Å². The largest absolute Gasteiger partial charge is 0.317 e. The van der Waals surface area contributed by atoms with Gasteiger partial charge in [-0.3, -0.25) is 0 Å². The molecule has 4 heteroatoms. The van der Waals surface area contributed by atoms with Crippen LogP contribution in [0.5, 0.6) is 0 Å². The quantitative estimate of drug-likeness (QED) is 0.452. The lowest BCUT2D eigenvalue weighted by molar-refractivity contribution is 0.685. The number of hydrogen-bond acceptors (Lipinski definition) is 2. The number of benzene rings is 1. The van der Waals surface area contributed by atoms with Crippen molar-refractivity contribution in [1.29, 1.82) is 10.3 Å². The molecule has 0 fully saturated rings. The zero-order valence-electron chi connectivity index (χ0n) is 20.6. The Labute approximate surface area is 176 Å². The Morgan fingerprint density at radius 2 is 0.821 bits per heavy atom. The van der Waals surface area contributed by atoms with E-state index in [1.165, 1.54) is 11.1 Å². The average Bonchev–Trinajstić information content (AvgIpc) is 2.42. The highest BCUT2D eigenvalue weighted by Crippen LogP contribution is 2.70. The van der Waals surface area contributed by atoms with Crippen LogP contribution < -0.4 is 0 Å². The van der Waals surface area contributed by atoms with Crippen molar-refractivity contribution < 1.29 is 0 Å². The molecule has 0 aliphatic heterocycles. The molecule has 0 saturated carbocycles. The maximum Gasteiger partial charge on any atom is 0.00833 e. The summed E-state index contributed by atoms with van der Waals surface area (Å²) in [4.78, 5) is 0. The summed E-state index contributed by atoms with van der Waals surface area (Å²) in [5.41, 5.74) is 2.56. The van der Waals surface area contributed by atoms with Crippen LogP contribution in [0.3, 0.4) is 0 Å². The lowest BCUT2D eigenvalue weighted by atomic mass is 10.2. The van der Waals surface area contributed by atoms with Gasteiger partial charge in [0.15, 0.2) is 0 Å². The molecular weight excluding hydrogens is 378 g/mol. The van der Waals surface area contributed by atoms with E-state index >= 15 is 0 Å². The van der Waals surface area contributed by atoms with Crippen molar-refractivity contribution in [2.75, 3.05) is 0 Å². The summed E-state index contributed by atoms with van der Waals surface area (Å²) in [5.74, 6) is 0. The molecule has 0 radical (unpaired) electrons. The minimum atomic E-state index is -1.98. The molecule has 0 unspecified atom stereocenters. The van der Waals surface area contributed by atoms with Crippen molar-refractivity contribution >= 4 is 14.1 Å². The summed E-state index contributed by atoms with van der Waals surface area (Å²) in [6.45, 7) is 26.9. The first-order valence-electron chi connectivity index (χ1n) is 10.5. The minimum Gasteiger partial charge on any atom is -0.317 e. The zero-order chi connectivity index (χ0) is 22.4. The molecule has 0 saturated heterocycles. The van der Waals surface area contributed by atoms with Gasteiger partial charge in [0.2, 0.25) is 0 Å². The van der Waals surface area contributed by atoms with Gasteiger partial charge >= 0.3 is 0 Å². The van der Waals surface area contributed by atoms with Crippen LogP contribution in [0, 0.1) is 10.3 Å². The highest BCUT2D eigenvalue weighted by Gasteiger charge is 2.43. The molecule has 0 heterocycles. The molecule has 2 nitrogen and oxygen atoms in total. The Bertz CT molecular complexity index is 679. The third kappa shape index (κ3) is 5.05. The fourth-order valence-electron chi connectivity index (χ4n) is 4.34. The van der Waals surface area contributed by atoms with Crippen LogP contribution in [-0.2, 0) is 12.3 Å². The Morgan fingerprint density at radius 1 is 0.571 bits per heavy atom. The van der Waals surface area contributed by atoms with Crippen LogP contribution in [0.4, 0.5) is 0 Å². The van der Waals surface area contributed by atoms with Crippen LogP contribution in [0.15, 0.2) is 24.3 Å². The van der Waals surface area contributed by atoms with E-state index in [9.17, 15) is 10.3 Å². The third-order valence-corrected chi connectivity index (χ3v) is 17.3. The molecule has 0 atom stereocenters. The molecule has 28 heavy (non-hydrogen) atoms. The molecule has 2 N–H and O–H groups in total. The lowest BCUT2D eigenvalue weighted by Gasteiger charge is -2.46. The van der Waals surface area contributed by atoms with Crippen molar-refractivity contribution in [3.05, 3.63) is 35.4 Å². The first-order chi connectivity index (χ1) is 12.2. The molecule has 0 amide bonds.